The molecule has 0 radical (unpaired) electrons. The van der Waals surface area contributed by atoms with E-state index in [2.05, 4.69) is 15.2 Å². The van der Waals surface area contributed by atoms with Gasteiger partial charge in [0.1, 0.15) is 0 Å². The number of benzene rings is 1. The van der Waals surface area contributed by atoms with Crippen LogP contribution in [0.5, 0.6) is 0 Å². The second kappa shape index (κ2) is 4.17. The molecule has 1 N–H and O–H groups in total. The van der Waals surface area contributed by atoms with Crippen molar-refractivity contribution in [3.8, 4) is 0 Å². The number of hydrogen-bond acceptors (Lipinski definition) is 6. The molecule has 0 amide bonds. The van der Waals surface area contributed by atoms with E-state index in [-0.39, 0.29) is 5.69 Å². The SMILES string of the molecule is O=[N+]([O-])c1cccc2oc(N3CC4CNCC4C3)nc12. The molecule has 20 heavy (non-hydrogen) atoms. The Bertz CT molecular complexity index is 671. The molecule has 7 nitrogen and oxygen atoms in total. The lowest BCUT2D eigenvalue weighted by Gasteiger charge is -2.13. The summed E-state index contributed by atoms with van der Waals surface area (Å²) < 4.78 is 5.70. The lowest BCUT2D eigenvalue weighted by atomic mass is 10.0. The number of hydrogen-bond donors (Lipinski definition) is 1. The molecule has 0 saturated carbocycles. The zero-order chi connectivity index (χ0) is 13.7. The van der Waals surface area contributed by atoms with Crippen molar-refractivity contribution in [2.45, 2.75) is 0 Å². The molecule has 0 spiro atoms. The Hall–Kier alpha value is -2.15. The summed E-state index contributed by atoms with van der Waals surface area (Å²) in [7, 11) is 0. The Morgan fingerprint density at radius 3 is 2.80 bits per heavy atom. The van der Waals surface area contributed by atoms with Crippen LogP contribution in [0.3, 0.4) is 0 Å². The second-order valence-electron chi connectivity index (χ2n) is 5.46. The summed E-state index contributed by atoms with van der Waals surface area (Å²) in [5.74, 6) is 1.25. The highest BCUT2D eigenvalue weighted by Crippen LogP contribution is 2.33. The first-order chi connectivity index (χ1) is 9.72. The maximum absolute atomic E-state index is 11.0. The molecule has 2 fully saturated rings. The van der Waals surface area contributed by atoms with E-state index in [4.69, 9.17) is 4.42 Å². The average Bonchev–Trinajstić information content (AvgIpc) is 3.10. The van der Waals surface area contributed by atoms with Crippen molar-refractivity contribution in [1.29, 1.82) is 0 Å². The first-order valence-corrected chi connectivity index (χ1v) is 6.72. The Labute approximate surface area is 114 Å². The third kappa shape index (κ3) is 1.66. The highest BCUT2D eigenvalue weighted by Gasteiger charge is 2.38. The van der Waals surface area contributed by atoms with Crippen LogP contribution in [0.1, 0.15) is 0 Å². The summed E-state index contributed by atoms with van der Waals surface area (Å²) in [6.07, 6.45) is 0. The molecule has 2 atom stereocenters. The molecule has 3 heterocycles. The van der Waals surface area contributed by atoms with E-state index in [1.807, 2.05) is 0 Å². The van der Waals surface area contributed by atoms with E-state index >= 15 is 0 Å². The van der Waals surface area contributed by atoms with Crippen LogP contribution in [0.25, 0.3) is 11.1 Å². The van der Waals surface area contributed by atoms with Gasteiger partial charge in [0.05, 0.1) is 4.92 Å². The van der Waals surface area contributed by atoms with Gasteiger partial charge < -0.3 is 14.6 Å². The average molecular weight is 274 g/mol. The van der Waals surface area contributed by atoms with Crippen LogP contribution < -0.4 is 10.2 Å². The van der Waals surface area contributed by atoms with Gasteiger partial charge in [-0.3, -0.25) is 10.1 Å². The molecule has 104 valence electrons. The van der Waals surface area contributed by atoms with Gasteiger partial charge in [0.2, 0.25) is 0 Å². The Morgan fingerprint density at radius 2 is 2.10 bits per heavy atom. The highest BCUT2D eigenvalue weighted by molar-refractivity contribution is 5.84. The number of nitrogens with one attached hydrogen (secondary N) is 1. The number of anilines is 1. The summed E-state index contributed by atoms with van der Waals surface area (Å²) in [6.45, 7) is 3.86. The molecule has 1 aromatic carbocycles. The minimum atomic E-state index is -0.419. The third-order valence-electron chi connectivity index (χ3n) is 4.24. The monoisotopic (exact) mass is 274 g/mol. The molecule has 4 rings (SSSR count). The maximum Gasteiger partial charge on any atom is 0.298 e. The van der Waals surface area contributed by atoms with Crippen molar-refractivity contribution >= 4 is 22.8 Å². The van der Waals surface area contributed by atoms with E-state index in [0.717, 1.165) is 26.2 Å². The summed E-state index contributed by atoms with van der Waals surface area (Å²) in [6, 6.07) is 5.30. The predicted octanol–water partition coefficient (Wildman–Crippen LogP) is 1.39. The topological polar surface area (TPSA) is 84.4 Å². The van der Waals surface area contributed by atoms with Crippen LogP contribution >= 0.6 is 0 Å². The quantitative estimate of drug-likeness (QED) is 0.658. The number of oxazole rings is 1. The summed E-state index contributed by atoms with van der Waals surface area (Å²) in [5.41, 5.74) is 0.811. The van der Waals surface area contributed by atoms with Crippen LogP contribution in [-0.2, 0) is 0 Å². The summed E-state index contributed by atoms with van der Waals surface area (Å²) in [4.78, 5) is 17.0. The number of fused-ring (bicyclic) bond motifs is 2. The molecule has 1 aromatic heterocycles. The molecular weight excluding hydrogens is 260 g/mol. The molecule has 2 aliphatic heterocycles. The first-order valence-electron chi connectivity index (χ1n) is 6.72. The van der Waals surface area contributed by atoms with E-state index in [9.17, 15) is 10.1 Å². The molecule has 2 saturated heterocycles. The molecule has 2 unspecified atom stereocenters. The van der Waals surface area contributed by atoms with Crippen molar-refractivity contribution in [1.82, 2.24) is 10.3 Å². The molecule has 0 aliphatic carbocycles. The fraction of sp³-hybridized carbons (Fsp3) is 0.462. The normalized spacial score (nSPS) is 25.3. The smallest absolute Gasteiger partial charge is 0.298 e. The van der Waals surface area contributed by atoms with Gasteiger partial charge in [-0.1, -0.05) is 6.07 Å². The minimum absolute atomic E-state index is 0.00134. The van der Waals surface area contributed by atoms with Gasteiger partial charge in [-0.25, -0.2) is 0 Å². The number of rotatable bonds is 2. The largest absolute Gasteiger partial charge is 0.423 e. The molecule has 7 heteroatoms. The van der Waals surface area contributed by atoms with Gasteiger partial charge in [0, 0.05) is 32.2 Å². The van der Waals surface area contributed by atoms with Crippen molar-refractivity contribution in [3.63, 3.8) is 0 Å². The lowest BCUT2D eigenvalue weighted by molar-refractivity contribution is -0.383. The van der Waals surface area contributed by atoms with Gasteiger partial charge in [-0.15, -0.1) is 0 Å². The van der Waals surface area contributed by atoms with Gasteiger partial charge in [-0.05, 0) is 17.9 Å². The number of aromatic nitrogens is 1. The summed E-state index contributed by atoms with van der Waals surface area (Å²) >= 11 is 0. The maximum atomic E-state index is 11.0. The van der Waals surface area contributed by atoms with Crippen molar-refractivity contribution in [2.75, 3.05) is 31.1 Å². The van der Waals surface area contributed by atoms with Crippen molar-refractivity contribution in [2.24, 2.45) is 11.8 Å². The highest BCUT2D eigenvalue weighted by atomic mass is 16.6. The van der Waals surface area contributed by atoms with E-state index in [0.29, 0.717) is 29.0 Å². The lowest BCUT2D eigenvalue weighted by Crippen LogP contribution is -2.25. The zero-order valence-corrected chi connectivity index (χ0v) is 10.8. The van der Waals surface area contributed by atoms with Crippen LogP contribution in [0.4, 0.5) is 11.7 Å². The van der Waals surface area contributed by atoms with E-state index in [1.165, 1.54) is 6.07 Å². The first kappa shape index (κ1) is 11.7. The number of nitrogens with zero attached hydrogens (tertiary/aromatic N) is 3. The van der Waals surface area contributed by atoms with Gasteiger partial charge >= 0.3 is 0 Å². The van der Waals surface area contributed by atoms with Gasteiger partial charge in [-0.2, -0.15) is 4.98 Å². The van der Waals surface area contributed by atoms with Crippen LogP contribution in [-0.4, -0.2) is 36.1 Å². The van der Waals surface area contributed by atoms with E-state index in [1.54, 1.807) is 12.1 Å². The Morgan fingerprint density at radius 1 is 1.35 bits per heavy atom. The zero-order valence-electron chi connectivity index (χ0n) is 10.8. The fourth-order valence-electron chi connectivity index (χ4n) is 3.22. The molecule has 2 aromatic rings. The van der Waals surface area contributed by atoms with Crippen LogP contribution in [0, 0.1) is 22.0 Å². The fourth-order valence-corrected chi connectivity index (χ4v) is 3.22. The Kier molecular flexibility index (Phi) is 2.43. The standard InChI is InChI=1S/C13H14N4O3/c18-17(19)10-2-1-3-11-12(10)15-13(20-11)16-6-8-4-14-5-9(8)7-16/h1-3,8-9,14H,4-7H2. The number of para-hydroxylation sites is 1. The van der Waals surface area contributed by atoms with Gasteiger partial charge in [0.25, 0.3) is 11.7 Å². The molecule has 0 bridgehead atoms. The Balaban J connectivity index is 1.71. The number of non-ortho nitro benzene ring substituents is 1. The second-order valence-corrected chi connectivity index (χ2v) is 5.46. The summed E-state index contributed by atoms with van der Waals surface area (Å²) in [5, 5.41) is 14.4. The van der Waals surface area contributed by atoms with E-state index < -0.39 is 4.92 Å². The molecular formula is C13H14N4O3. The number of nitro groups is 1. The van der Waals surface area contributed by atoms with Crippen LogP contribution in [0.15, 0.2) is 22.6 Å². The minimum Gasteiger partial charge on any atom is -0.423 e. The van der Waals surface area contributed by atoms with Gasteiger partial charge in [0.15, 0.2) is 11.1 Å². The van der Waals surface area contributed by atoms with Crippen molar-refractivity contribution in [3.05, 3.63) is 28.3 Å². The van der Waals surface area contributed by atoms with Crippen LogP contribution in [0.2, 0.25) is 0 Å². The molecule has 2 aliphatic rings. The predicted molar refractivity (Wildman–Crippen MR) is 72.7 cm³/mol. The van der Waals surface area contributed by atoms with Crippen molar-refractivity contribution < 1.29 is 9.34 Å². The third-order valence-corrected chi connectivity index (χ3v) is 4.24. The number of nitro benzene ring substituents is 1.